The Bertz CT molecular complexity index is 661. The van der Waals surface area contributed by atoms with Crippen molar-refractivity contribution in [2.24, 2.45) is 5.92 Å². The number of carbonyl (C=O) groups excluding carboxylic acids is 2. The third-order valence-corrected chi connectivity index (χ3v) is 6.62. The van der Waals surface area contributed by atoms with Crippen LogP contribution in [-0.2, 0) is 14.9 Å². The van der Waals surface area contributed by atoms with E-state index in [2.05, 4.69) is 29.6 Å². The number of nitrogens with zero attached hydrogens (tertiary/aromatic N) is 2. The number of hydrogen-bond donors (Lipinski definition) is 1. The molecule has 6 nitrogen and oxygen atoms in total. The standard InChI is InChI=1S/C23H35N3O3/c1-3-25(4-2)21(27)19-10-14-26(15-11-19)22(28)24-18-23(12-16-29-17-13-23)20-8-6-5-7-9-20/h5-9,19H,3-4,10-18H2,1-2H3,(H,24,28). The second-order valence-electron chi connectivity index (χ2n) is 8.19. The van der Waals surface area contributed by atoms with Crippen LogP contribution in [-0.4, -0.2) is 67.7 Å². The molecule has 6 heteroatoms. The minimum absolute atomic E-state index is 0.0134. The molecule has 160 valence electrons. The Labute approximate surface area is 174 Å². The Morgan fingerprint density at radius 3 is 2.31 bits per heavy atom. The van der Waals surface area contributed by atoms with Crippen LogP contribution in [0.25, 0.3) is 0 Å². The number of ether oxygens (including phenoxy) is 1. The fourth-order valence-electron chi connectivity index (χ4n) is 4.60. The number of rotatable bonds is 6. The number of urea groups is 1. The van der Waals surface area contributed by atoms with Gasteiger partial charge in [0.05, 0.1) is 0 Å². The molecule has 0 spiro atoms. The third-order valence-electron chi connectivity index (χ3n) is 6.62. The number of hydrogen-bond acceptors (Lipinski definition) is 3. The quantitative estimate of drug-likeness (QED) is 0.797. The molecular formula is C23H35N3O3. The van der Waals surface area contributed by atoms with Gasteiger partial charge in [-0.3, -0.25) is 4.79 Å². The predicted octanol–water partition coefficient (Wildman–Crippen LogP) is 3.02. The Balaban J connectivity index is 1.55. The lowest BCUT2D eigenvalue weighted by atomic mass is 9.74. The second kappa shape index (κ2) is 10.1. The number of amides is 3. The van der Waals surface area contributed by atoms with E-state index in [0.29, 0.717) is 19.6 Å². The molecule has 0 radical (unpaired) electrons. The summed E-state index contributed by atoms with van der Waals surface area (Å²) in [5, 5.41) is 3.19. The summed E-state index contributed by atoms with van der Waals surface area (Å²) in [6.45, 7) is 8.90. The fourth-order valence-corrected chi connectivity index (χ4v) is 4.60. The second-order valence-corrected chi connectivity index (χ2v) is 8.19. The maximum atomic E-state index is 12.8. The van der Waals surface area contributed by atoms with Crippen LogP contribution >= 0.6 is 0 Å². The van der Waals surface area contributed by atoms with Crippen LogP contribution in [0.2, 0.25) is 0 Å². The first-order valence-corrected chi connectivity index (χ1v) is 11.0. The van der Waals surface area contributed by atoms with Crippen molar-refractivity contribution in [1.29, 1.82) is 0 Å². The van der Waals surface area contributed by atoms with Crippen LogP contribution in [0.3, 0.4) is 0 Å². The molecule has 2 heterocycles. The van der Waals surface area contributed by atoms with Gasteiger partial charge in [0, 0.05) is 57.3 Å². The van der Waals surface area contributed by atoms with E-state index in [4.69, 9.17) is 4.74 Å². The summed E-state index contributed by atoms with van der Waals surface area (Å²) in [6, 6.07) is 10.4. The van der Waals surface area contributed by atoms with Gasteiger partial charge in [-0.2, -0.15) is 0 Å². The van der Waals surface area contributed by atoms with Crippen LogP contribution in [0.1, 0.15) is 45.1 Å². The van der Waals surface area contributed by atoms with Gasteiger partial charge >= 0.3 is 6.03 Å². The molecule has 2 aliphatic heterocycles. The molecule has 0 atom stereocenters. The lowest BCUT2D eigenvalue weighted by molar-refractivity contribution is -0.136. The molecule has 2 saturated heterocycles. The first-order valence-electron chi connectivity index (χ1n) is 11.0. The molecule has 1 aromatic rings. The van der Waals surface area contributed by atoms with Crippen LogP contribution in [0.4, 0.5) is 4.79 Å². The van der Waals surface area contributed by atoms with Crippen LogP contribution in [0.15, 0.2) is 30.3 Å². The van der Waals surface area contributed by atoms with Crippen LogP contribution in [0, 0.1) is 5.92 Å². The van der Waals surface area contributed by atoms with Gasteiger partial charge in [0.25, 0.3) is 0 Å². The van der Waals surface area contributed by atoms with Gasteiger partial charge in [-0.1, -0.05) is 30.3 Å². The first kappa shape index (κ1) is 21.6. The highest BCUT2D eigenvalue weighted by Gasteiger charge is 2.36. The summed E-state index contributed by atoms with van der Waals surface area (Å²) in [5.74, 6) is 0.283. The zero-order chi connectivity index (χ0) is 20.7. The van der Waals surface area contributed by atoms with Crippen molar-refractivity contribution in [3.8, 4) is 0 Å². The number of carbonyl (C=O) groups is 2. The van der Waals surface area contributed by atoms with Crippen LogP contribution < -0.4 is 5.32 Å². The SMILES string of the molecule is CCN(CC)C(=O)C1CCN(C(=O)NCC2(c3ccccc3)CCOCC2)CC1. The number of nitrogens with one attached hydrogen (secondary N) is 1. The number of likely N-dealkylation sites (tertiary alicyclic amines) is 1. The minimum Gasteiger partial charge on any atom is -0.381 e. The van der Waals surface area contributed by atoms with Crippen molar-refractivity contribution in [3.63, 3.8) is 0 Å². The highest BCUT2D eigenvalue weighted by Crippen LogP contribution is 2.34. The molecule has 2 fully saturated rings. The van der Waals surface area contributed by atoms with Gasteiger partial charge in [-0.15, -0.1) is 0 Å². The molecule has 1 N–H and O–H groups in total. The normalized spacial score (nSPS) is 19.6. The monoisotopic (exact) mass is 401 g/mol. The van der Waals surface area contributed by atoms with Crippen LogP contribution in [0.5, 0.6) is 0 Å². The lowest BCUT2D eigenvalue weighted by Crippen LogP contribution is -2.51. The smallest absolute Gasteiger partial charge is 0.317 e. The van der Waals surface area contributed by atoms with Gasteiger partial charge in [0.15, 0.2) is 0 Å². The van der Waals surface area contributed by atoms with Crippen molar-refractivity contribution in [3.05, 3.63) is 35.9 Å². The summed E-state index contributed by atoms with van der Waals surface area (Å²) < 4.78 is 5.58. The summed E-state index contributed by atoms with van der Waals surface area (Å²) >= 11 is 0. The van der Waals surface area contributed by atoms with E-state index in [1.807, 2.05) is 29.7 Å². The molecule has 0 unspecified atom stereocenters. The molecule has 3 amide bonds. The first-order chi connectivity index (χ1) is 14.1. The summed E-state index contributed by atoms with van der Waals surface area (Å²) in [6.07, 6.45) is 3.33. The van der Waals surface area contributed by atoms with Crippen molar-refractivity contribution >= 4 is 11.9 Å². The van der Waals surface area contributed by atoms with Gasteiger partial charge < -0.3 is 19.9 Å². The third kappa shape index (κ3) is 5.10. The molecule has 3 rings (SSSR count). The number of piperidine rings is 1. The van der Waals surface area contributed by atoms with E-state index in [-0.39, 0.29) is 23.3 Å². The van der Waals surface area contributed by atoms with Gasteiger partial charge in [-0.25, -0.2) is 4.79 Å². The maximum Gasteiger partial charge on any atom is 0.317 e. The molecule has 2 aliphatic rings. The Hall–Kier alpha value is -2.08. The molecule has 0 aromatic heterocycles. The lowest BCUT2D eigenvalue weighted by Gasteiger charge is -2.39. The summed E-state index contributed by atoms with van der Waals surface area (Å²) in [4.78, 5) is 29.2. The average molecular weight is 402 g/mol. The molecule has 0 bridgehead atoms. The van der Waals surface area contributed by atoms with Gasteiger partial charge in [0.2, 0.25) is 5.91 Å². The zero-order valence-electron chi connectivity index (χ0n) is 17.9. The highest BCUT2D eigenvalue weighted by molar-refractivity contribution is 5.79. The maximum absolute atomic E-state index is 12.8. The molecule has 1 aromatic carbocycles. The van der Waals surface area contributed by atoms with Crippen molar-refractivity contribution in [1.82, 2.24) is 15.1 Å². The van der Waals surface area contributed by atoms with E-state index < -0.39 is 0 Å². The topological polar surface area (TPSA) is 61.9 Å². The summed E-state index contributed by atoms with van der Waals surface area (Å²) in [7, 11) is 0. The Kier molecular flexibility index (Phi) is 7.53. The zero-order valence-corrected chi connectivity index (χ0v) is 17.9. The number of benzene rings is 1. The predicted molar refractivity (Wildman–Crippen MR) is 114 cm³/mol. The van der Waals surface area contributed by atoms with E-state index in [1.54, 1.807) is 0 Å². The molecule has 0 aliphatic carbocycles. The molecule has 0 saturated carbocycles. The van der Waals surface area contributed by atoms with Gasteiger partial charge in [0.1, 0.15) is 0 Å². The molecular weight excluding hydrogens is 366 g/mol. The van der Waals surface area contributed by atoms with Crippen molar-refractivity contribution < 1.29 is 14.3 Å². The van der Waals surface area contributed by atoms with Crippen molar-refractivity contribution in [2.45, 2.75) is 44.9 Å². The Morgan fingerprint density at radius 2 is 1.72 bits per heavy atom. The Morgan fingerprint density at radius 1 is 1.10 bits per heavy atom. The summed E-state index contributed by atoms with van der Waals surface area (Å²) in [5.41, 5.74) is 1.21. The highest BCUT2D eigenvalue weighted by atomic mass is 16.5. The minimum atomic E-state index is -0.0633. The largest absolute Gasteiger partial charge is 0.381 e. The van der Waals surface area contributed by atoms with Crippen molar-refractivity contribution in [2.75, 3.05) is 45.9 Å². The fraction of sp³-hybridized carbons (Fsp3) is 0.652. The average Bonchev–Trinajstić information content (AvgIpc) is 2.79. The van der Waals surface area contributed by atoms with E-state index in [0.717, 1.165) is 52.0 Å². The van der Waals surface area contributed by atoms with E-state index in [9.17, 15) is 9.59 Å². The molecule has 29 heavy (non-hydrogen) atoms. The van der Waals surface area contributed by atoms with Gasteiger partial charge in [-0.05, 0) is 45.1 Å². The van der Waals surface area contributed by atoms with E-state index >= 15 is 0 Å². The van der Waals surface area contributed by atoms with E-state index in [1.165, 1.54) is 5.56 Å².